The van der Waals surface area contributed by atoms with E-state index < -0.39 is 0 Å². The van der Waals surface area contributed by atoms with Crippen molar-refractivity contribution in [1.29, 1.82) is 0 Å². The summed E-state index contributed by atoms with van der Waals surface area (Å²) in [7, 11) is 0. The molecule has 3 heteroatoms. The van der Waals surface area contributed by atoms with Gasteiger partial charge in [-0.05, 0) is 29.7 Å². The summed E-state index contributed by atoms with van der Waals surface area (Å²) in [4.78, 5) is 1.30. The first kappa shape index (κ1) is 14.3. The van der Waals surface area contributed by atoms with Crippen LogP contribution in [0.4, 0.5) is 5.69 Å². The van der Waals surface area contributed by atoms with Gasteiger partial charge in [0.15, 0.2) is 0 Å². The fourth-order valence-corrected chi connectivity index (χ4v) is 3.25. The maximum absolute atomic E-state index is 6.13. The highest BCUT2D eigenvalue weighted by atomic mass is 32.2. The zero-order valence-corrected chi connectivity index (χ0v) is 13.3. The molecule has 2 aromatic carbocycles. The smallest absolute Gasteiger partial charge is 0.143 e. The minimum atomic E-state index is 0.0906. The largest absolute Gasteiger partial charge is 0.482 e. The predicted molar refractivity (Wildman–Crippen MR) is 90.3 cm³/mol. The molecule has 1 N–H and O–H groups in total. The zero-order chi connectivity index (χ0) is 14.7. The van der Waals surface area contributed by atoms with Crippen LogP contribution in [0.15, 0.2) is 53.4 Å². The number of anilines is 1. The third-order valence-corrected chi connectivity index (χ3v) is 4.87. The van der Waals surface area contributed by atoms with Crippen LogP contribution < -0.4 is 10.1 Å². The van der Waals surface area contributed by atoms with Crippen molar-refractivity contribution in [3.8, 4) is 5.75 Å². The molecular weight excluding hydrogens is 278 g/mol. The van der Waals surface area contributed by atoms with Gasteiger partial charge in [-0.3, -0.25) is 0 Å². The second-order valence-electron chi connectivity index (χ2n) is 5.76. The summed E-state index contributed by atoms with van der Waals surface area (Å²) >= 11 is 1.90. The van der Waals surface area contributed by atoms with Gasteiger partial charge in [0.1, 0.15) is 11.9 Å². The van der Waals surface area contributed by atoms with Crippen molar-refractivity contribution in [3.63, 3.8) is 0 Å². The van der Waals surface area contributed by atoms with Crippen molar-refractivity contribution >= 4 is 17.4 Å². The Morgan fingerprint density at radius 2 is 2.00 bits per heavy atom. The number of thioether (sulfide) groups is 1. The minimum absolute atomic E-state index is 0.0906. The van der Waals surface area contributed by atoms with E-state index in [0.29, 0.717) is 5.92 Å². The predicted octanol–water partition coefficient (Wildman–Crippen LogP) is 4.98. The van der Waals surface area contributed by atoms with E-state index in [-0.39, 0.29) is 6.10 Å². The van der Waals surface area contributed by atoms with Gasteiger partial charge in [0.2, 0.25) is 0 Å². The van der Waals surface area contributed by atoms with Crippen LogP contribution in [0.1, 0.15) is 25.5 Å². The lowest BCUT2D eigenvalue weighted by atomic mass is 10.1. The number of hydrogen-bond acceptors (Lipinski definition) is 3. The Balaban J connectivity index is 1.72. The van der Waals surface area contributed by atoms with E-state index in [9.17, 15) is 0 Å². The lowest BCUT2D eigenvalue weighted by Gasteiger charge is -2.28. The Bertz CT molecular complexity index is 597. The molecule has 1 atom stereocenters. The number of ether oxygens (including phenoxy) is 1. The number of rotatable bonds is 4. The summed E-state index contributed by atoms with van der Waals surface area (Å²) in [6.45, 7) is 5.31. The van der Waals surface area contributed by atoms with Gasteiger partial charge in [0, 0.05) is 10.6 Å². The molecule has 2 aromatic rings. The van der Waals surface area contributed by atoms with Gasteiger partial charge in [-0.2, -0.15) is 0 Å². The second kappa shape index (κ2) is 6.44. The number of hydrogen-bond donors (Lipinski definition) is 1. The third kappa shape index (κ3) is 3.53. The molecule has 0 aromatic heterocycles. The van der Waals surface area contributed by atoms with Crippen molar-refractivity contribution < 1.29 is 4.74 Å². The fraction of sp³-hybridized carbons (Fsp3) is 0.333. The fourth-order valence-electron chi connectivity index (χ4n) is 2.35. The molecule has 1 unspecified atom stereocenters. The molecule has 0 saturated heterocycles. The first-order chi connectivity index (χ1) is 10.2. The Morgan fingerprint density at radius 1 is 1.19 bits per heavy atom. The molecule has 0 amide bonds. The molecule has 110 valence electrons. The van der Waals surface area contributed by atoms with Crippen LogP contribution in [0.2, 0.25) is 0 Å². The molecule has 3 rings (SSSR count). The summed E-state index contributed by atoms with van der Waals surface area (Å²) < 4.78 is 6.13. The molecule has 1 aliphatic heterocycles. The lowest BCUT2D eigenvalue weighted by Crippen LogP contribution is -2.23. The van der Waals surface area contributed by atoms with Gasteiger partial charge >= 0.3 is 0 Å². The maximum Gasteiger partial charge on any atom is 0.143 e. The van der Waals surface area contributed by atoms with Crippen LogP contribution in [-0.2, 0) is 0 Å². The molecule has 2 nitrogen and oxygen atoms in total. The van der Waals surface area contributed by atoms with E-state index in [1.54, 1.807) is 0 Å². The molecular formula is C18H21NOS. The summed E-state index contributed by atoms with van der Waals surface area (Å²) in [6, 6.07) is 16.8. The molecule has 0 radical (unpaired) electrons. The van der Waals surface area contributed by atoms with Crippen LogP contribution in [0.5, 0.6) is 5.75 Å². The standard InChI is InChI=1S/C18H21NOS/c1-13(2)12-21-15-8-9-17-16(10-15)19-11-18(20-17)14-6-4-3-5-7-14/h3-10,13,18-19H,11-12H2,1-2H3. The lowest BCUT2D eigenvalue weighted by molar-refractivity contribution is 0.210. The van der Waals surface area contributed by atoms with E-state index >= 15 is 0 Å². The molecule has 1 aliphatic rings. The quantitative estimate of drug-likeness (QED) is 0.804. The van der Waals surface area contributed by atoms with Gasteiger partial charge in [-0.25, -0.2) is 0 Å². The molecule has 0 fully saturated rings. The highest BCUT2D eigenvalue weighted by Crippen LogP contribution is 2.37. The van der Waals surface area contributed by atoms with Crippen LogP contribution >= 0.6 is 11.8 Å². The van der Waals surface area contributed by atoms with Gasteiger partial charge in [-0.15, -0.1) is 11.8 Å². The summed E-state index contributed by atoms with van der Waals surface area (Å²) in [5, 5.41) is 3.50. The molecule has 0 aliphatic carbocycles. The van der Waals surface area contributed by atoms with Crippen LogP contribution in [-0.4, -0.2) is 12.3 Å². The van der Waals surface area contributed by atoms with Crippen molar-refractivity contribution in [2.24, 2.45) is 5.92 Å². The molecule has 1 heterocycles. The Hall–Kier alpha value is -1.61. The Labute approximate surface area is 130 Å². The minimum Gasteiger partial charge on any atom is -0.482 e. The van der Waals surface area contributed by atoms with E-state index in [4.69, 9.17) is 4.74 Å². The van der Waals surface area contributed by atoms with Gasteiger partial charge in [0.25, 0.3) is 0 Å². The molecule has 0 bridgehead atoms. The zero-order valence-electron chi connectivity index (χ0n) is 12.5. The average Bonchev–Trinajstić information content (AvgIpc) is 2.53. The van der Waals surface area contributed by atoms with Crippen molar-refractivity contribution in [1.82, 2.24) is 0 Å². The first-order valence-corrected chi connectivity index (χ1v) is 8.43. The average molecular weight is 299 g/mol. The highest BCUT2D eigenvalue weighted by molar-refractivity contribution is 7.99. The third-order valence-electron chi connectivity index (χ3n) is 3.45. The Morgan fingerprint density at radius 3 is 2.76 bits per heavy atom. The summed E-state index contributed by atoms with van der Waals surface area (Å²) in [6.07, 6.45) is 0.0906. The van der Waals surface area contributed by atoms with Crippen molar-refractivity contribution in [2.75, 3.05) is 17.6 Å². The van der Waals surface area contributed by atoms with Crippen molar-refractivity contribution in [3.05, 3.63) is 54.1 Å². The van der Waals surface area contributed by atoms with Crippen LogP contribution in [0.25, 0.3) is 0 Å². The molecule has 0 saturated carbocycles. The summed E-state index contributed by atoms with van der Waals surface area (Å²) in [5.41, 5.74) is 2.32. The molecule has 21 heavy (non-hydrogen) atoms. The second-order valence-corrected chi connectivity index (χ2v) is 6.85. The normalized spacial score (nSPS) is 17.0. The SMILES string of the molecule is CC(C)CSc1ccc2c(c1)NCC(c1ccccc1)O2. The van der Waals surface area contributed by atoms with Crippen LogP contribution in [0.3, 0.4) is 0 Å². The topological polar surface area (TPSA) is 21.3 Å². The Kier molecular flexibility index (Phi) is 4.39. The highest BCUT2D eigenvalue weighted by Gasteiger charge is 2.20. The van der Waals surface area contributed by atoms with Gasteiger partial charge in [0.05, 0.1) is 12.2 Å². The maximum atomic E-state index is 6.13. The van der Waals surface area contributed by atoms with E-state index in [2.05, 4.69) is 61.6 Å². The van der Waals surface area contributed by atoms with E-state index in [1.165, 1.54) is 10.5 Å². The summed E-state index contributed by atoms with van der Waals surface area (Å²) in [5.74, 6) is 2.80. The number of benzene rings is 2. The number of nitrogens with one attached hydrogen (secondary N) is 1. The van der Waals surface area contributed by atoms with Crippen LogP contribution in [0, 0.1) is 5.92 Å². The first-order valence-electron chi connectivity index (χ1n) is 7.44. The van der Waals surface area contributed by atoms with Gasteiger partial charge in [-0.1, -0.05) is 44.2 Å². The number of fused-ring (bicyclic) bond motifs is 1. The monoisotopic (exact) mass is 299 g/mol. The molecule has 0 spiro atoms. The van der Waals surface area contributed by atoms with E-state index in [0.717, 1.165) is 23.7 Å². The van der Waals surface area contributed by atoms with Crippen molar-refractivity contribution in [2.45, 2.75) is 24.8 Å². The van der Waals surface area contributed by atoms with Gasteiger partial charge < -0.3 is 10.1 Å². The van der Waals surface area contributed by atoms with E-state index in [1.807, 2.05) is 17.8 Å².